The third-order valence-electron chi connectivity index (χ3n) is 2.69. The minimum absolute atomic E-state index is 0.0385. The average Bonchev–Trinajstić information content (AvgIpc) is 2.37. The van der Waals surface area contributed by atoms with Crippen molar-refractivity contribution in [3.05, 3.63) is 29.8 Å². The van der Waals surface area contributed by atoms with Gasteiger partial charge in [0.15, 0.2) is 0 Å². The summed E-state index contributed by atoms with van der Waals surface area (Å²) in [6, 6.07) is 5.62. The molecule has 0 aromatic heterocycles. The molecule has 6 nitrogen and oxygen atoms in total. The van der Waals surface area contributed by atoms with E-state index in [-0.39, 0.29) is 17.9 Å². The van der Waals surface area contributed by atoms with Gasteiger partial charge in [-0.3, -0.25) is 4.79 Å². The van der Waals surface area contributed by atoms with E-state index in [1.807, 2.05) is 6.26 Å². The van der Waals surface area contributed by atoms with Gasteiger partial charge in [0.1, 0.15) is 0 Å². The number of carboxylic acid groups (broad SMARTS) is 1. The fraction of sp³-hybridized carbons (Fsp3) is 0.462. The maximum absolute atomic E-state index is 12.1. The molecule has 0 aliphatic carbocycles. The third-order valence-corrected chi connectivity index (χ3v) is 5.02. The summed E-state index contributed by atoms with van der Waals surface area (Å²) >= 11 is 1.42. The number of benzene rings is 1. The molecule has 1 rings (SSSR count). The molecule has 1 unspecified atom stereocenters. The van der Waals surface area contributed by atoms with Crippen LogP contribution < -0.4 is 4.72 Å². The first kappa shape index (κ1) is 18.0. The van der Waals surface area contributed by atoms with E-state index in [2.05, 4.69) is 4.72 Å². The average molecular weight is 333 g/mol. The zero-order valence-electron chi connectivity index (χ0n) is 11.9. The molecule has 1 atom stereocenters. The summed E-state index contributed by atoms with van der Waals surface area (Å²) in [6.45, 7) is 1.47. The fourth-order valence-electron chi connectivity index (χ4n) is 1.66. The Bertz CT molecular complexity index is 581. The first-order valence-electron chi connectivity index (χ1n) is 6.18. The second kappa shape index (κ2) is 7.26. The van der Waals surface area contributed by atoms with Crippen LogP contribution in [0, 0.1) is 0 Å². The molecular weight excluding hydrogens is 314 g/mol. The monoisotopic (exact) mass is 333 g/mol. The molecule has 0 spiro atoms. The Kier molecular flexibility index (Phi) is 6.21. The van der Waals surface area contributed by atoms with E-state index in [9.17, 15) is 18.3 Å². The van der Waals surface area contributed by atoms with E-state index < -0.39 is 21.6 Å². The van der Waals surface area contributed by atoms with E-state index in [0.717, 1.165) is 0 Å². The lowest BCUT2D eigenvalue weighted by atomic mass is 10.1. The van der Waals surface area contributed by atoms with Crippen molar-refractivity contribution in [2.75, 3.05) is 18.6 Å². The molecule has 0 heterocycles. The minimum Gasteiger partial charge on any atom is -0.481 e. The van der Waals surface area contributed by atoms with Crippen molar-refractivity contribution in [1.29, 1.82) is 0 Å². The molecule has 3 N–H and O–H groups in total. The van der Waals surface area contributed by atoms with Crippen LogP contribution in [0.5, 0.6) is 0 Å². The Morgan fingerprint density at radius 2 is 1.90 bits per heavy atom. The van der Waals surface area contributed by atoms with Crippen molar-refractivity contribution in [1.82, 2.24) is 4.72 Å². The van der Waals surface area contributed by atoms with Crippen LogP contribution in [0.2, 0.25) is 0 Å². The van der Waals surface area contributed by atoms with E-state index in [1.165, 1.54) is 36.0 Å². The molecule has 0 radical (unpaired) electrons. The van der Waals surface area contributed by atoms with Crippen molar-refractivity contribution < 1.29 is 23.4 Å². The second-order valence-electron chi connectivity index (χ2n) is 4.97. The summed E-state index contributed by atoms with van der Waals surface area (Å²) in [5, 5.41) is 18.6. The molecule has 118 valence electrons. The summed E-state index contributed by atoms with van der Waals surface area (Å²) in [6.07, 6.45) is 1.67. The van der Waals surface area contributed by atoms with Crippen molar-refractivity contribution in [3.63, 3.8) is 0 Å². The summed E-state index contributed by atoms with van der Waals surface area (Å²) in [5.41, 5.74) is -0.605. The maximum Gasteiger partial charge on any atom is 0.307 e. The summed E-state index contributed by atoms with van der Waals surface area (Å²) < 4.78 is 26.5. The van der Waals surface area contributed by atoms with E-state index in [0.29, 0.717) is 11.3 Å². The van der Waals surface area contributed by atoms with Crippen LogP contribution in [-0.2, 0) is 21.2 Å². The molecule has 8 heteroatoms. The molecule has 0 saturated heterocycles. The lowest BCUT2D eigenvalue weighted by molar-refractivity contribution is -0.136. The Morgan fingerprint density at radius 3 is 2.38 bits per heavy atom. The highest BCUT2D eigenvalue weighted by Crippen LogP contribution is 2.14. The van der Waals surface area contributed by atoms with E-state index >= 15 is 0 Å². The number of carboxylic acids is 1. The molecule has 0 fully saturated rings. The normalized spacial score (nSPS) is 14.6. The van der Waals surface area contributed by atoms with E-state index in [1.54, 1.807) is 6.92 Å². The number of aliphatic hydroxyl groups is 1. The highest BCUT2D eigenvalue weighted by Gasteiger charge is 2.23. The van der Waals surface area contributed by atoms with Gasteiger partial charge in [0.2, 0.25) is 10.0 Å². The molecule has 0 bridgehead atoms. The zero-order chi connectivity index (χ0) is 16.1. The Labute approximate surface area is 128 Å². The number of thioether (sulfide) groups is 1. The van der Waals surface area contributed by atoms with Crippen LogP contribution in [0.4, 0.5) is 0 Å². The number of rotatable bonds is 8. The molecule has 0 aliphatic rings. The molecule has 0 amide bonds. The Balaban J connectivity index is 2.76. The number of nitrogens with one attached hydrogen (secondary N) is 1. The van der Waals surface area contributed by atoms with Gasteiger partial charge in [-0.25, -0.2) is 13.1 Å². The summed E-state index contributed by atoms with van der Waals surface area (Å²) in [7, 11) is -3.72. The highest BCUT2D eigenvalue weighted by atomic mass is 32.2. The van der Waals surface area contributed by atoms with E-state index in [4.69, 9.17) is 5.11 Å². The molecule has 1 aromatic carbocycles. The van der Waals surface area contributed by atoms with Crippen LogP contribution in [0.25, 0.3) is 0 Å². The van der Waals surface area contributed by atoms with Gasteiger partial charge in [-0.1, -0.05) is 12.1 Å². The van der Waals surface area contributed by atoms with Gasteiger partial charge < -0.3 is 10.2 Å². The minimum atomic E-state index is -3.72. The van der Waals surface area contributed by atoms with Crippen LogP contribution in [0.3, 0.4) is 0 Å². The molecule has 1 aromatic rings. The van der Waals surface area contributed by atoms with Gasteiger partial charge in [-0.2, -0.15) is 11.8 Å². The van der Waals surface area contributed by atoms with Crippen molar-refractivity contribution in [2.45, 2.75) is 23.8 Å². The van der Waals surface area contributed by atoms with Gasteiger partial charge in [-0.15, -0.1) is 0 Å². The smallest absolute Gasteiger partial charge is 0.307 e. The quantitative estimate of drug-likeness (QED) is 0.647. The summed E-state index contributed by atoms with van der Waals surface area (Å²) in [5.74, 6) is -0.565. The first-order chi connectivity index (χ1) is 9.66. The predicted octanol–water partition coefficient (Wildman–Crippen LogP) is 0.706. The number of sulfonamides is 1. The lowest BCUT2D eigenvalue weighted by Gasteiger charge is -2.22. The topological polar surface area (TPSA) is 104 Å². The van der Waals surface area contributed by atoms with Crippen LogP contribution in [-0.4, -0.2) is 48.8 Å². The third kappa shape index (κ3) is 6.04. The fourth-order valence-corrected chi connectivity index (χ4v) is 3.54. The first-order valence-corrected chi connectivity index (χ1v) is 9.06. The standard InChI is InChI=1S/C13H19NO5S2/c1-13(17,9-20-2)8-14-21(18,19)11-5-3-10(4-6-11)7-12(15)16/h3-6,14,17H,7-9H2,1-2H3,(H,15,16). The predicted molar refractivity (Wildman–Crippen MR) is 82.0 cm³/mol. The molecule has 21 heavy (non-hydrogen) atoms. The number of hydrogen-bond acceptors (Lipinski definition) is 5. The molecule has 0 saturated carbocycles. The van der Waals surface area contributed by atoms with Crippen LogP contribution in [0.1, 0.15) is 12.5 Å². The number of aliphatic carboxylic acids is 1. The molecule has 0 aliphatic heterocycles. The van der Waals surface area contributed by atoms with Crippen LogP contribution >= 0.6 is 11.8 Å². The zero-order valence-corrected chi connectivity index (χ0v) is 13.5. The Hall–Kier alpha value is -1.09. The van der Waals surface area contributed by atoms with Crippen molar-refractivity contribution >= 4 is 27.8 Å². The maximum atomic E-state index is 12.1. The van der Waals surface area contributed by atoms with Gasteiger partial charge in [0.05, 0.1) is 16.9 Å². The molecular formula is C13H19NO5S2. The van der Waals surface area contributed by atoms with Crippen molar-refractivity contribution in [2.24, 2.45) is 0 Å². The summed E-state index contributed by atoms with van der Waals surface area (Å²) in [4.78, 5) is 10.6. The van der Waals surface area contributed by atoms with Gasteiger partial charge >= 0.3 is 5.97 Å². The lowest BCUT2D eigenvalue weighted by Crippen LogP contribution is -2.42. The van der Waals surface area contributed by atoms with Gasteiger partial charge in [0.25, 0.3) is 0 Å². The Morgan fingerprint density at radius 1 is 1.33 bits per heavy atom. The number of carbonyl (C=O) groups is 1. The van der Waals surface area contributed by atoms with Gasteiger partial charge in [-0.05, 0) is 30.9 Å². The SMILES string of the molecule is CSCC(C)(O)CNS(=O)(=O)c1ccc(CC(=O)O)cc1. The van der Waals surface area contributed by atoms with Gasteiger partial charge in [0, 0.05) is 12.3 Å². The number of hydrogen-bond donors (Lipinski definition) is 3. The highest BCUT2D eigenvalue weighted by molar-refractivity contribution is 7.98. The largest absolute Gasteiger partial charge is 0.481 e. The van der Waals surface area contributed by atoms with Crippen LogP contribution in [0.15, 0.2) is 29.2 Å². The van der Waals surface area contributed by atoms with Crippen molar-refractivity contribution in [3.8, 4) is 0 Å². The second-order valence-corrected chi connectivity index (χ2v) is 7.60.